The van der Waals surface area contributed by atoms with Crippen LogP contribution in [0.3, 0.4) is 0 Å². The van der Waals surface area contributed by atoms with Crippen LogP contribution >= 0.6 is 0 Å². The van der Waals surface area contributed by atoms with E-state index >= 15 is 0 Å². The van der Waals surface area contributed by atoms with E-state index in [2.05, 4.69) is 25.8 Å². The summed E-state index contributed by atoms with van der Waals surface area (Å²) in [4.78, 5) is 11.3. The molecular formula is C6H12N6. The quantitative estimate of drug-likeness (QED) is 0.541. The molecule has 1 aromatic heterocycles. The van der Waals surface area contributed by atoms with E-state index < -0.39 is 0 Å². The predicted octanol–water partition coefficient (Wildman–Crippen LogP) is -0.221. The fourth-order valence-electron chi connectivity index (χ4n) is 0.578. The van der Waals surface area contributed by atoms with E-state index in [0.717, 1.165) is 0 Å². The van der Waals surface area contributed by atoms with Gasteiger partial charge in [0.1, 0.15) is 6.33 Å². The molecule has 1 rings (SSSR count). The lowest BCUT2D eigenvalue weighted by Crippen LogP contribution is -2.30. The summed E-state index contributed by atoms with van der Waals surface area (Å²) in [6, 6.07) is 0.308. The van der Waals surface area contributed by atoms with E-state index in [1.54, 1.807) is 0 Å². The second-order valence-corrected chi connectivity index (χ2v) is 2.59. The van der Waals surface area contributed by atoms with E-state index in [1.807, 2.05) is 13.8 Å². The molecular weight excluding hydrogens is 156 g/mol. The average molecular weight is 168 g/mol. The van der Waals surface area contributed by atoms with Gasteiger partial charge in [0.25, 0.3) is 0 Å². The van der Waals surface area contributed by atoms with E-state index in [4.69, 9.17) is 5.73 Å². The van der Waals surface area contributed by atoms with E-state index in [-0.39, 0.29) is 5.95 Å². The van der Waals surface area contributed by atoms with Gasteiger partial charge in [-0.3, -0.25) is 5.43 Å². The number of hydrogen-bond acceptors (Lipinski definition) is 6. The second-order valence-electron chi connectivity index (χ2n) is 2.59. The Morgan fingerprint density at radius 2 is 2.17 bits per heavy atom. The fraction of sp³-hybridized carbons (Fsp3) is 0.500. The van der Waals surface area contributed by atoms with Crippen LogP contribution in [0, 0.1) is 0 Å². The van der Waals surface area contributed by atoms with Crippen molar-refractivity contribution in [2.45, 2.75) is 19.9 Å². The lowest BCUT2D eigenvalue weighted by molar-refractivity contribution is 0.652. The highest BCUT2D eigenvalue weighted by Gasteiger charge is 1.96. The van der Waals surface area contributed by atoms with Gasteiger partial charge in [-0.1, -0.05) is 0 Å². The molecule has 6 heteroatoms. The van der Waals surface area contributed by atoms with Gasteiger partial charge in [-0.2, -0.15) is 4.98 Å². The van der Waals surface area contributed by atoms with E-state index in [0.29, 0.717) is 12.0 Å². The SMILES string of the molecule is CC(C)NNc1ncnc(N)n1. The third kappa shape index (κ3) is 2.67. The Labute approximate surface area is 70.6 Å². The Balaban J connectivity index is 2.52. The molecule has 1 heterocycles. The third-order valence-electron chi connectivity index (χ3n) is 1.06. The van der Waals surface area contributed by atoms with Gasteiger partial charge in [0.05, 0.1) is 0 Å². The van der Waals surface area contributed by atoms with E-state index in [9.17, 15) is 0 Å². The van der Waals surface area contributed by atoms with Crippen molar-refractivity contribution in [3.63, 3.8) is 0 Å². The summed E-state index contributed by atoms with van der Waals surface area (Å²) in [5.41, 5.74) is 11.1. The highest BCUT2D eigenvalue weighted by molar-refractivity contribution is 5.27. The molecule has 0 spiro atoms. The smallest absolute Gasteiger partial charge is 0.242 e. The number of anilines is 2. The van der Waals surface area contributed by atoms with Crippen LogP contribution < -0.4 is 16.6 Å². The normalized spacial score (nSPS) is 10.2. The van der Waals surface area contributed by atoms with Gasteiger partial charge in [0.2, 0.25) is 11.9 Å². The zero-order valence-electron chi connectivity index (χ0n) is 7.07. The second kappa shape index (κ2) is 3.82. The van der Waals surface area contributed by atoms with Crippen LogP contribution in [0.1, 0.15) is 13.8 Å². The molecule has 66 valence electrons. The molecule has 0 fully saturated rings. The van der Waals surface area contributed by atoms with E-state index in [1.165, 1.54) is 6.33 Å². The summed E-state index contributed by atoms with van der Waals surface area (Å²) >= 11 is 0. The van der Waals surface area contributed by atoms with Gasteiger partial charge in [0.15, 0.2) is 0 Å². The largest absolute Gasteiger partial charge is 0.368 e. The molecule has 1 aromatic rings. The lowest BCUT2D eigenvalue weighted by atomic mass is 10.4. The Morgan fingerprint density at radius 3 is 2.75 bits per heavy atom. The Hall–Kier alpha value is -1.43. The van der Waals surface area contributed by atoms with Crippen LogP contribution in [0.15, 0.2) is 6.33 Å². The number of nitrogen functional groups attached to an aromatic ring is 1. The van der Waals surface area contributed by atoms with Crippen LogP contribution in [-0.4, -0.2) is 21.0 Å². The van der Waals surface area contributed by atoms with Crippen LogP contribution in [0.25, 0.3) is 0 Å². The van der Waals surface area contributed by atoms with Crippen molar-refractivity contribution >= 4 is 11.9 Å². The van der Waals surface area contributed by atoms with Crippen molar-refractivity contribution in [1.29, 1.82) is 0 Å². The van der Waals surface area contributed by atoms with Gasteiger partial charge in [-0.15, -0.1) is 0 Å². The first-order valence-electron chi connectivity index (χ1n) is 3.64. The monoisotopic (exact) mass is 168 g/mol. The van der Waals surface area contributed by atoms with Crippen LogP contribution in [0.2, 0.25) is 0 Å². The van der Waals surface area contributed by atoms with Gasteiger partial charge < -0.3 is 5.73 Å². The van der Waals surface area contributed by atoms with Crippen molar-refractivity contribution in [1.82, 2.24) is 20.4 Å². The third-order valence-corrected chi connectivity index (χ3v) is 1.06. The minimum atomic E-state index is 0.207. The number of hydrogen-bond donors (Lipinski definition) is 3. The van der Waals surface area contributed by atoms with Crippen molar-refractivity contribution in [2.24, 2.45) is 0 Å². The summed E-state index contributed by atoms with van der Waals surface area (Å²) in [6.07, 6.45) is 1.35. The fourth-order valence-corrected chi connectivity index (χ4v) is 0.578. The first-order valence-corrected chi connectivity index (χ1v) is 3.64. The van der Waals surface area contributed by atoms with Crippen molar-refractivity contribution in [3.05, 3.63) is 6.33 Å². The van der Waals surface area contributed by atoms with Gasteiger partial charge >= 0.3 is 0 Å². The minimum absolute atomic E-state index is 0.207. The first kappa shape index (κ1) is 8.66. The molecule has 0 aliphatic heterocycles. The zero-order chi connectivity index (χ0) is 8.97. The standard InChI is InChI=1S/C6H12N6/c1-4(2)11-12-6-9-3-8-5(7)10-6/h3-4,11H,1-2H3,(H3,7,8,9,10,12). The topological polar surface area (TPSA) is 88.8 Å². The van der Waals surface area contributed by atoms with Gasteiger partial charge in [0, 0.05) is 6.04 Å². The average Bonchev–Trinajstić information content (AvgIpc) is 2.01. The number of aromatic nitrogens is 3. The first-order chi connectivity index (χ1) is 5.68. The van der Waals surface area contributed by atoms with Crippen molar-refractivity contribution in [3.8, 4) is 0 Å². The maximum absolute atomic E-state index is 5.33. The van der Waals surface area contributed by atoms with Crippen molar-refractivity contribution < 1.29 is 0 Å². The molecule has 0 saturated carbocycles. The molecule has 0 unspecified atom stereocenters. The highest BCUT2D eigenvalue weighted by Crippen LogP contribution is 1.95. The maximum Gasteiger partial charge on any atom is 0.242 e. The summed E-state index contributed by atoms with van der Waals surface area (Å²) in [7, 11) is 0. The summed E-state index contributed by atoms with van der Waals surface area (Å²) in [5.74, 6) is 0.634. The molecule has 0 atom stereocenters. The summed E-state index contributed by atoms with van der Waals surface area (Å²) in [6.45, 7) is 4.00. The number of nitrogens with zero attached hydrogens (tertiary/aromatic N) is 3. The summed E-state index contributed by atoms with van der Waals surface area (Å²) in [5, 5.41) is 0. The molecule has 12 heavy (non-hydrogen) atoms. The molecule has 0 amide bonds. The molecule has 0 radical (unpaired) electrons. The lowest BCUT2D eigenvalue weighted by Gasteiger charge is -2.08. The number of nitrogens with two attached hydrogens (primary N) is 1. The number of nitrogens with one attached hydrogen (secondary N) is 2. The molecule has 4 N–H and O–H groups in total. The predicted molar refractivity (Wildman–Crippen MR) is 46.1 cm³/mol. The minimum Gasteiger partial charge on any atom is -0.368 e. The number of hydrazine groups is 1. The maximum atomic E-state index is 5.33. The Bertz CT molecular complexity index is 248. The number of rotatable bonds is 3. The molecule has 0 bridgehead atoms. The molecule has 0 aromatic carbocycles. The molecule has 0 aliphatic carbocycles. The van der Waals surface area contributed by atoms with Crippen LogP contribution in [0.5, 0.6) is 0 Å². The summed E-state index contributed by atoms with van der Waals surface area (Å²) < 4.78 is 0. The van der Waals surface area contributed by atoms with Crippen LogP contribution in [0.4, 0.5) is 11.9 Å². The van der Waals surface area contributed by atoms with Gasteiger partial charge in [-0.25, -0.2) is 15.4 Å². The van der Waals surface area contributed by atoms with Gasteiger partial charge in [-0.05, 0) is 13.8 Å². The highest BCUT2D eigenvalue weighted by atomic mass is 15.4. The van der Waals surface area contributed by atoms with Crippen molar-refractivity contribution in [2.75, 3.05) is 11.2 Å². The molecule has 0 saturated heterocycles. The molecule has 0 aliphatic rings. The Kier molecular flexibility index (Phi) is 2.76. The zero-order valence-corrected chi connectivity index (χ0v) is 7.07. The molecule has 6 nitrogen and oxygen atoms in total. The Morgan fingerprint density at radius 1 is 1.42 bits per heavy atom. The van der Waals surface area contributed by atoms with Crippen LogP contribution in [-0.2, 0) is 0 Å².